The summed E-state index contributed by atoms with van der Waals surface area (Å²) in [4.78, 5) is 26.3. The summed E-state index contributed by atoms with van der Waals surface area (Å²) in [6, 6.07) is 0. The van der Waals surface area contributed by atoms with E-state index >= 15 is 0 Å². The minimum atomic E-state index is -4.45. The standard InChI is InChI=1S/C12H20N4O6S2/c1-15-7-10(11(17)16(2)12(15)18)24(21,22)14-13-23(19,20)8-9-5-3-4-6-9/h7,9,13-14H,3-6,8H2,1-2H3. The van der Waals surface area contributed by atoms with Gasteiger partial charge in [-0.15, -0.1) is 9.66 Å². The average molecular weight is 380 g/mol. The van der Waals surface area contributed by atoms with Gasteiger partial charge in [-0.05, 0) is 18.8 Å². The highest BCUT2D eigenvalue weighted by atomic mass is 32.2. The van der Waals surface area contributed by atoms with E-state index in [1.807, 2.05) is 0 Å². The van der Waals surface area contributed by atoms with Gasteiger partial charge in [0.05, 0.1) is 5.75 Å². The fourth-order valence-electron chi connectivity index (χ4n) is 2.66. The van der Waals surface area contributed by atoms with Gasteiger partial charge in [0.1, 0.15) is 0 Å². The molecule has 0 spiro atoms. The summed E-state index contributed by atoms with van der Waals surface area (Å²) in [5, 5.41) is 0. The van der Waals surface area contributed by atoms with Crippen molar-refractivity contribution in [3.05, 3.63) is 27.0 Å². The zero-order valence-corrected chi connectivity index (χ0v) is 15.0. The van der Waals surface area contributed by atoms with Crippen molar-refractivity contribution in [2.24, 2.45) is 20.0 Å². The molecule has 0 amide bonds. The van der Waals surface area contributed by atoms with Crippen molar-refractivity contribution in [1.29, 1.82) is 0 Å². The van der Waals surface area contributed by atoms with Gasteiger partial charge >= 0.3 is 5.69 Å². The van der Waals surface area contributed by atoms with Crippen LogP contribution in [0.5, 0.6) is 0 Å². The molecule has 2 rings (SSSR count). The van der Waals surface area contributed by atoms with Crippen molar-refractivity contribution >= 4 is 20.0 Å². The quantitative estimate of drug-likeness (QED) is 0.570. The van der Waals surface area contributed by atoms with Crippen LogP contribution in [0.3, 0.4) is 0 Å². The summed E-state index contributed by atoms with van der Waals surface area (Å²) >= 11 is 0. The molecule has 1 aromatic heterocycles. The predicted octanol–water partition coefficient (Wildman–Crippen LogP) is -1.61. The molecule has 10 nitrogen and oxygen atoms in total. The summed E-state index contributed by atoms with van der Waals surface area (Å²) in [6.45, 7) is 0. The summed E-state index contributed by atoms with van der Waals surface area (Å²) in [6.07, 6.45) is 4.34. The molecule has 0 radical (unpaired) electrons. The predicted molar refractivity (Wildman–Crippen MR) is 86.1 cm³/mol. The Morgan fingerprint density at radius 2 is 1.67 bits per heavy atom. The van der Waals surface area contributed by atoms with Crippen molar-refractivity contribution < 1.29 is 16.8 Å². The van der Waals surface area contributed by atoms with E-state index in [9.17, 15) is 26.4 Å². The number of sulfonamides is 2. The van der Waals surface area contributed by atoms with Crippen molar-refractivity contribution in [3.63, 3.8) is 0 Å². The summed E-state index contributed by atoms with van der Waals surface area (Å²) in [5.41, 5.74) is -1.73. The van der Waals surface area contributed by atoms with Crippen molar-refractivity contribution in [1.82, 2.24) is 18.8 Å². The number of hydrogen-bond donors (Lipinski definition) is 2. The highest BCUT2D eigenvalue weighted by molar-refractivity contribution is 7.92. The Labute approximate surface area is 139 Å². The zero-order valence-electron chi connectivity index (χ0n) is 13.4. The Bertz CT molecular complexity index is 939. The maximum absolute atomic E-state index is 12.2. The molecular weight excluding hydrogens is 360 g/mol. The summed E-state index contributed by atoms with van der Waals surface area (Å²) in [7, 11) is -5.90. The third kappa shape index (κ3) is 4.12. The lowest BCUT2D eigenvalue weighted by Crippen LogP contribution is -2.47. The van der Waals surface area contributed by atoms with Crippen molar-refractivity contribution in [2.75, 3.05) is 5.75 Å². The van der Waals surface area contributed by atoms with E-state index in [4.69, 9.17) is 0 Å². The Hall–Kier alpha value is -1.50. The fraction of sp³-hybridized carbons (Fsp3) is 0.667. The maximum atomic E-state index is 12.2. The second-order valence-electron chi connectivity index (χ2n) is 5.89. The molecule has 0 bridgehead atoms. The molecule has 136 valence electrons. The Morgan fingerprint density at radius 3 is 2.25 bits per heavy atom. The first-order valence-corrected chi connectivity index (χ1v) is 10.4. The van der Waals surface area contributed by atoms with Crippen LogP contribution >= 0.6 is 0 Å². The second kappa shape index (κ2) is 6.78. The lowest BCUT2D eigenvalue weighted by atomic mass is 10.1. The molecule has 1 aliphatic rings. The largest absolute Gasteiger partial charge is 0.330 e. The van der Waals surface area contributed by atoms with Crippen LogP contribution in [0.1, 0.15) is 25.7 Å². The van der Waals surface area contributed by atoms with Crippen LogP contribution in [0.4, 0.5) is 0 Å². The van der Waals surface area contributed by atoms with E-state index in [0.717, 1.165) is 43.5 Å². The molecule has 24 heavy (non-hydrogen) atoms. The lowest BCUT2D eigenvalue weighted by Gasteiger charge is -2.13. The number of nitrogens with one attached hydrogen (secondary N) is 2. The van der Waals surface area contributed by atoms with Gasteiger partial charge in [-0.2, -0.15) is 0 Å². The van der Waals surface area contributed by atoms with Gasteiger partial charge in [0, 0.05) is 20.3 Å². The molecule has 1 aliphatic carbocycles. The first kappa shape index (κ1) is 18.8. The van der Waals surface area contributed by atoms with Crippen LogP contribution < -0.4 is 20.9 Å². The molecule has 1 aromatic rings. The Balaban J connectivity index is 2.20. The highest BCUT2D eigenvalue weighted by Gasteiger charge is 2.26. The maximum Gasteiger partial charge on any atom is 0.330 e. The van der Waals surface area contributed by atoms with Crippen LogP contribution in [0, 0.1) is 5.92 Å². The van der Waals surface area contributed by atoms with E-state index in [-0.39, 0.29) is 11.7 Å². The number of nitrogens with zero attached hydrogens (tertiary/aromatic N) is 2. The molecule has 0 aromatic carbocycles. The number of aromatic nitrogens is 2. The van der Waals surface area contributed by atoms with E-state index in [0.29, 0.717) is 4.57 Å². The van der Waals surface area contributed by atoms with Gasteiger partial charge in [-0.25, -0.2) is 21.6 Å². The Morgan fingerprint density at radius 1 is 1.08 bits per heavy atom. The van der Waals surface area contributed by atoms with E-state index in [2.05, 4.69) is 0 Å². The highest BCUT2D eigenvalue weighted by Crippen LogP contribution is 2.25. The van der Waals surface area contributed by atoms with Crippen LogP contribution in [-0.2, 0) is 34.1 Å². The van der Waals surface area contributed by atoms with Gasteiger partial charge in [0.15, 0.2) is 4.90 Å². The smallest absolute Gasteiger partial charge is 0.302 e. The van der Waals surface area contributed by atoms with E-state index in [1.54, 1.807) is 9.66 Å². The Kier molecular flexibility index (Phi) is 5.32. The molecule has 2 N–H and O–H groups in total. The van der Waals surface area contributed by atoms with Crippen LogP contribution in [0.25, 0.3) is 0 Å². The minimum Gasteiger partial charge on any atom is -0.302 e. The normalized spacial score (nSPS) is 16.6. The molecule has 1 fully saturated rings. The monoisotopic (exact) mass is 380 g/mol. The number of hydrazine groups is 1. The molecule has 0 unspecified atom stereocenters. The SMILES string of the molecule is Cn1cc(S(=O)(=O)NNS(=O)(=O)CC2CCCC2)c(=O)n(C)c1=O. The molecule has 1 saturated carbocycles. The number of rotatable bonds is 6. The van der Waals surface area contributed by atoms with Gasteiger partial charge in [0.25, 0.3) is 15.6 Å². The minimum absolute atomic E-state index is 0.00239. The summed E-state index contributed by atoms with van der Waals surface area (Å²) < 4.78 is 49.8. The van der Waals surface area contributed by atoms with Gasteiger partial charge in [-0.1, -0.05) is 12.8 Å². The number of aryl methyl sites for hydroxylation is 1. The third-order valence-corrected chi connectivity index (χ3v) is 6.65. The summed E-state index contributed by atoms with van der Waals surface area (Å²) in [5.74, 6) is -0.182. The molecule has 1 heterocycles. The lowest BCUT2D eigenvalue weighted by molar-refractivity contribution is 0.535. The molecule has 0 aliphatic heterocycles. The third-order valence-electron chi connectivity index (χ3n) is 3.97. The van der Waals surface area contributed by atoms with Crippen LogP contribution in [-0.4, -0.2) is 31.7 Å². The number of hydrogen-bond acceptors (Lipinski definition) is 6. The van der Waals surface area contributed by atoms with Crippen molar-refractivity contribution in [2.45, 2.75) is 30.6 Å². The van der Waals surface area contributed by atoms with E-state index in [1.165, 1.54) is 7.05 Å². The van der Waals surface area contributed by atoms with Crippen LogP contribution in [0.15, 0.2) is 20.7 Å². The van der Waals surface area contributed by atoms with Gasteiger partial charge in [-0.3, -0.25) is 9.36 Å². The zero-order chi connectivity index (χ0) is 18.1. The first-order chi connectivity index (χ1) is 11.0. The molecule has 12 heteroatoms. The molecular formula is C12H20N4O6S2. The first-order valence-electron chi connectivity index (χ1n) is 7.31. The molecule has 0 saturated heterocycles. The topological polar surface area (TPSA) is 136 Å². The second-order valence-corrected chi connectivity index (χ2v) is 9.31. The van der Waals surface area contributed by atoms with Crippen LogP contribution in [0.2, 0.25) is 0 Å². The van der Waals surface area contributed by atoms with Gasteiger partial charge in [0.2, 0.25) is 10.0 Å². The van der Waals surface area contributed by atoms with Crippen molar-refractivity contribution in [3.8, 4) is 0 Å². The molecule has 0 atom stereocenters. The fourth-order valence-corrected chi connectivity index (χ4v) is 5.42. The van der Waals surface area contributed by atoms with E-state index < -0.39 is 36.2 Å². The average Bonchev–Trinajstić information content (AvgIpc) is 2.99. The van der Waals surface area contributed by atoms with Gasteiger partial charge < -0.3 is 4.57 Å².